The lowest BCUT2D eigenvalue weighted by atomic mass is 10.2. The summed E-state index contributed by atoms with van der Waals surface area (Å²) in [4.78, 5) is 32.9. The van der Waals surface area contributed by atoms with Crippen molar-refractivity contribution >= 4 is 56.7 Å². The number of allylic oxidation sites excluding steroid dienone is 1. The van der Waals surface area contributed by atoms with Crippen molar-refractivity contribution in [3.05, 3.63) is 57.7 Å². The van der Waals surface area contributed by atoms with Crippen molar-refractivity contribution in [2.45, 2.75) is 30.4 Å². The summed E-state index contributed by atoms with van der Waals surface area (Å²) in [6.45, 7) is 8.03. The van der Waals surface area contributed by atoms with Crippen LogP contribution >= 0.6 is 34.9 Å². The summed E-state index contributed by atoms with van der Waals surface area (Å²) in [6, 6.07) is 7.69. The maximum Gasteiger partial charge on any atom is 0.263 e. The zero-order valence-corrected chi connectivity index (χ0v) is 18.4. The van der Waals surface area contributed by atoms with Gasteiger partial charge in [-0.25, -0.2) is 4.98 Å². The molecule has 0 spiro atoms. The summed E-state index contributed by atoms with van der Waals surface area (Å²) in [7, 11) is 0. The van der Waals surface area contributed by atoms with Gasteiger partial charge in [0.1, 0.15) is 4.83 Å². The fourth-order valence-corrected chi connectivity index (χ4v) is 5.08. The van der Waals surface area contributed by atoms with Gasteiger partial charge >= 0.3 is 0 Å². The van der Waals surface area contributed by atoms with Crippen LogP contribution < -0.4 is 10.9 Å². The van der Waals surface area contributed by atoms with Crippen LogP contribution in [0.2, 0.25) is 0 Å². The molecular weight excluding hydrogens is 410 g/mol. The minimum Gasteiger partial charge on any atom is -0.325 e. The van der Waals surface area contributed by atoms with Gasteiger partial charge in [-0.1, -0.05) is 23.9 Å². The number of thioether (sulfide) groups is 2. The van der Waals surface area contributed by atoms with E-state index in [1.165, 1.54) is 23.1 Å². The Bertz CT molecular complexity index is 1100. The number of hydrogen-bond acceptors (Lipinski definition) is 6. The molecular formula is C20H21N3O2S3. The average molecular weight is 432 g/mol. The third-order valence-electron chi connectivity index (χ3n) is 4.25. The van der Waals surface area contributed by atoms with E-state index in [9.17, 15) is 9.59 Å². The minimum atomic E-state index is -0.138. The van der Waals surface area contributed by atoms with Crippen LogP contribution in [-0.4, -0.2) is 27.5 Å². The van der Waals surface area contributed by atoms with E-state index in [0.29, 0.717) is 17.1 Å². The molecule has 5 nitrogen and oxygen atoms in total. The molecule has 0 saturated heterocycles. The summed E-state index contributed by atoms with van der Waals surface area (Å²) in [5.41, 5.74) is 1.65. The zero-order chi connectivity index (χ0) is 20.3. The molecule has 3 aromatic rings. The first kappa shape index (κ1) is 20.7. The number of hydrogen-bond donors (Lipinski definition) is 1. The van der Waals surface area contributed by atoms with Crippen molar-refractivity contribution < 1.29 is 4.79 Å². The topological polar surface area (TPSA) is 64.0 Å². The number of carbonyl (C=O) groups is 1. The van der Waals surface area contributed by atoms with Gasteiger partial charge < -0.3 is 5.32 Å². The van der Waals surface area contributed by atoms with Crippen LogP contribution in [0.5, 0.6) is 0 Å². The van der Waals surface area contributed by atoms with Crippen LogP contribution in [-0.2, 0) is 11.3 Å². The lowest BCUT2D eigenvalue weighted by Crippen LogP contribution is -2.23. The fraction of sp³-hybridized carbons (Fsp3) is 0.250. The maximum absolute atomic E-state index is 12.9. The zero-order valence-electron chi connectivity index (χ0n) is 15.9. The molecule has 28 heavy (non-hydrogen) atoms. The van der Waals surface area contributed by atoms with Gasteiger partial charge in [0.15, 0.2) is 5.16 Å². The van der Waals surface area contributed by atoms with Crippen LogP contribution in [0.4, 0.5) is 5.69 Å². The number of fused-ring (bicyclic) bond motifs is 1. The maximum atomic E-state index is 12.9. The van der Waals surface area contributed by atoms with Gasteiger partial charge in [-0.2, -0.15) is 0 Å². The molecule has 1 aromatic carbocycles. The SMILES string of the molecule is C=CCn1c(SCC(=O)Nc2cccc(SC)c2)nc2sc(C)c(C)c2c1=O. The molecule has 0 atom stereocenters. The Morgan fingerprint density at radius 3 is 2.89 bits per heavy atom. The standard InChI is InChI=1S/C20H21N3O2S3/c1-5-9-23-19(25)17-12(2)13(3)28-18(17)22-20(23)27-11-16(24)21-14-7-6-8-15(10-14)26-4/h5-8,10H,1,9,11H2,2-4H3,(H,21,24). The molecule has 0 radical (unpaired) electrons. The van der Waals surface area contributed by atoms with Crippen LogP contribution in [0.3, 0.4) is 0 Å². The van der Waals surface area contributed by atoms with E-state index in [4.69, 9.17) is 0 Å². The average Bonchev–Trinajstić information content (AvgIpc) is 2.96. The Balaban J connectivity index is 1.83. The quantitative estimate of drug-likeness (QED) is 0.333. The molecule has 2 heterocycles. The van der Waals surface area contributed by atoms with Crippen molar-refractivity contribution in [2.24, 2.45) is 0 Å². The number of aromatic nitrogens is 2. The lowest BCUT2D eigenvalue weighted by molar-refractivity contribution is -0.113. The molecule has 0 aliphatic heterocycles. The summed E-state index contributed by atoms with van der Waals surface area (Å²) in [5.74, 6) is 0.0309. The number of carbonyl (C=O) groups excluding carboxylic acids is 1. The molecule has 0 saturated carbocycles. The molecule has 146 valence electrons. The molecule has 0 aliphatic rings. The van der Waals surface area contributed by atoms with Crippen molar-refractivity contribution in [3.8, 4) is 0 Å². The Kier molecular flexibility index (Phi) is 6.64. The number of rotatable bonds is 7. The third-order valence-corrected chi connectivity index (χ3v) is 7.05. The van der Waals surface area contributed by atoms with E-state index in [1.807, 2.05) is 44.4 Å². The normalized spacial score (nSPS) is 11.0. The Morgan fingerprint density at radius 1 is 1.39 bits per heavy atom. The van der Waals surface area contributed by atoms with E-state index in [2.05, 4.69) is 16.9 Å². The highest BCUT2D eigenvalue weighted by Crippen LogP contribution is 2.28. The number of benzene rings is 1. The molecule has 8 heteroatoms. The minimum absolute atomic E-state index is 0.0812. The summed E-state index contributed by atoms with van der Waals surface area (Å²) in [5, 5.41) is 4.09. The second-order valence-electron chi connectivity index (χ2n) is 6.13. The first-order valence-electron chi connectivity index (χ1n) is 8.62. The highest BCUT2D eigenvalue weighted by atomic mass is 32.2. The number of anilines is 1. The van der Waals surface area contributed by atoms with Crippen molar-refractivity contribution in [1.29, 1.82) is 0 Å². The number of nitrogens with one attached hydrogen (secondary N) is 1. The van der Waals surface area contributed by atoms with Gasteiger partial charge in [-0.3, -0.25) is 14.2 Å². The molecule has 2 aromatic heterocycles. The van der Waals surface area contributed by atoms with E-state index >= 15 is 0 Å². The molecule has 0 bridgehead atoms. The van der Waals surface area contributed by atoms with Crippen molar-refractivity contribution in [3.63, 3.8) is 0 Å². The molecule has 1 N–H and O–H groups in total. The van der Waals surface area contributed by atoms with Crippen LogP contribution in [0.25, 0.3) is 10.2 Å². The van der Waals surface area contributed by atoms with Gasteiger partial charge in [-0.15, -0.1) is 29.7 Å². The molecule has 1 amide bonds. The Morgan fingerprint density at radius 2 is 2.18 bits per heavy atom. The number of thiophene rings is 1. The van der Waals surface area contributed by atoms with Gasteiger partial charge in [0, 0.05) is 22.0 Å². The van der Waals surface area contributed by atoms with E-state index in [-0.39, 0.29) is 17.2 Å². The first-order valence-corrected chi connectivity index (χ1v) is 11.7. The van der Waals surface area contributed by atoms with Crippen molar-refractivity contribution in [1.82, 2.24) is 9.55 Å². The van der Waals surface area contributed by atoms with Crippen LogP contribution in [0.15, 0.2) is 51.8 Å². The second kappa shape index (κ2) is 8.98. The lowest BCUT2D eigenvalue weighted by Gasteiger charge is -2.11. The molecule has 0 unspecified atom stereocenters. The largest absolute Gasteiger partial charge is 0.325 e. The number of amides is 1. The molecule has 0 fully saturated rings. The predicted molar refractivity (Wildman–Crippen MR) is 121 cm³/mol. The second-order valence-corrected chi connectivity index (χ2v) is 9.16. The van der Waals surface area contributed by atoms with E-state index in [1.54, 1.807) is 22.4 Å². The van der Waals surface area contributed by atoms with E-state index < -0.39 is 0 Å². The highest BCUT2D eigenvalue weighted by Gasteiger charge is 2.17. The summed E-state index contributed by atoms with van der Waals surface area (Å²) in [6.07, 6.45) is 3.66. The number of aryl methyl sites for hydroxylation is 2. The Hall–Kier alpha value is -2.03. The third kappa shape index (κ3) is 4.34. The predicted octanol–water partition coefficient (Wildman–Crippen LogP) is 4.71. The van der Waals surface area contributed by atoms with Crippen LogP contribution in [0.1, 0.15) is 10.4 Å². The van der Waals surface area contributed by atoms with Crippen LogP contribution in [0, 0.1) is 13.8 Å². The number of nitrogens with zero attached hydrogens (tertiary/aromatic N) is 2. The van der Waals surface area contributed by atoms with E-state index in [0.717, 1.165) is 25.9 Å². The summed E-state index contributed by atoms with van der Waals surface area (Å²) < 4.78 is 1.58. The summed E-state index contributed by atoms with van der Waals surface area (Å²) >= 11 is 4.39. The fourth-order valence-electron chi connectivity index (χ4n) is 2.74. The van der Waals surface area contributed by atoms with Gasteiger partial charge in [-0.05, 0) is 43.9 Å². The molecule has 0 aliphatic carbocycles. The smallest absolute Gasteiger partial charge is 0.263 e. The monoisotopic (exact) mass is 431 g/mol. The molecule has 3 rings (SSSR count). The van der Waals surface area contributed by atoms with Gasteiger partial charge in [0.25, 0.3) is 5.56 Å². The van der Waals surface area contributed by atoms with Crippen molar-refractivity contribution in [2.75, 3.05) is 17.3 Å². The first-order chi connectivity index (χ1) is 13.4. The Labute approximate surface area is 176 Å². The highest BCUT2D eigenvalue weighted by molar-refractivity contribution is 7.99. The van der Waals surface area contributed by atoms with Gasteiger partial charge in [0.05, 0.1) is 11.1 Å². The van der Waals surface area contributed by atoms with Gasteiger partial charge in [0.2, 0.25) is 5.91 Å².